The standard InChI is InChI=1S/C8H13NO4/c1-9-3-5(7(10)11)2-6(4-9)8(12)13/h5-6H,2-4H2,1H3,(H,10,11)(H,12,13)/t5-,6+. The molecule has 0 spiro atoms. The summed E-state index contributed by atoms with van der Waals surface area (Å²) in [7, 11) is 1.74. The minimum absolute atomic E-state index is 0.245. The highest BCUT2D eigenvalue weighted by Gasteiger charge is 2.33. The molecule has 0 aromatic heterocycles. The molecule has 2 N–H and O–H groups in total. The van der Waals surface area contributed by atoms with Crippen LogP contribution >= 0.6 is 0 Å². The monoisotopic (exact) mass is 187 g/mol. The van der Waals surface area contributed by atoms with Crippen molar-refractivity contribution in [2.24, 2.45) is 11.8 Å². The van der Waals surface area contributed by atoms with Crippen molar-refractivity contribution in [1.29, 1.82) is 0 Å². The molecule has 1 rings (SSSR count). The van der Waals surface area contributed by atoms with Gasteiger partial charge in [-0.05, 0) is 13.5 Å². The van der Waals surface area contributed by atoms with E-state index < -0.39 is 23.8 Å². The molecular weight excluding hydrogens is 174 g/mol. The number of hydrogen-bond acceptors (Lipinski definition) is 3. The van der Waals surface area contributed by atoms with Gasteiger partial charge in [-0.1, -0.05) is 0 Å². The molecule has 0 amide bonds. The van der Waals surface area contributed by atoms with Crippen molar-refractivity contribution in [1.82, 2.24) is 4.90 Å². The van der Waals surface area contributed by atoms with E-state index in [9.17, 15) is 9.59 Å². The third-order valence-corrected chi connectivity index (χ3v) is 2.33. The molecule has 0 aliphatic carbocycles. The maximum Gasteiger partial charge on any atom is 0.307 e. The van der Waals surface area contributed by atoms with Crippen LogP contribution in [-0.4, -0.2) is 47.2 Å². The summed E-state index contributed by atoms with van der Waals surface area (Å²) in [6.45, 7) is 0.887. The molecule has 0 bridgehead atoms. The van der Waals surface area contributed by atoms with Crippen molar-refractivity contribution in [3.05, 3.63) is 0 Å². The molecule has 5 nitrogen and oxygen atoms in total. The van der Waals surface area contributed by atoms with Gasteiger partial charge in [0.2, 0.25) is 0 Å². The van der Waals surface area contributed by atoms with Gasteiger partial charge in [0.15, 0.2) is 0 Å². The Morgan fingerprint density at radius 1 is 1.15 bits per heavy atom. The van der Waals surface area contributed by atoms with Crippen LogP contribution in [0.4, 0.5) is 0 Å². The molecule has 2 atom stereocenters. The SMILES string of the molecule is CN1C[C@H](C(=O)O)C[C@H](C(=O)O)C1. The molecule has 1 saturated heterocycles. The lowest BCUT2D eigenvalue weighted by atomic mass is 9.90. The highest BCUT2D eigenvalue weighted by molar-refractivity contribution is 5.74. The number of carboxylic acid groups (broad SMARTS) is 2. The lowest BCUT2D eigenvalue weighted by molar-refractivity contribution is -0.149. The van der Waals surface area contributed by atoms with Crippen LogP contribution in [0, 0.1) is 11.8 Å². The Hall–Kier alpha value is -1.10. The average molecular weight is 187 g/mol. The zero-order valence-electron chi connectivity index (χ0n) is 7.43. The van der Waals surface area contributed by atoms with Gasteiger partial charge in [-0.2, -0.15) is 0 Å². The first kappa shape index (κ1) is 9.98. The number of rotatable bonds is 2. The predicted molar refractivity (Wildman–Crippen MR) is 44.4 cm³/mol. The van der Waals surface area contributed by atoms with E-state index >= 15 is 0 Å². The number of carboxylic acids is 2. The number of likely N-dealkylation sites (tertiary alicyclic amines) is 1. The van der Waals surface area contributed by atoms with E-state index in [1.54, 1.807) is 11.9 Å². The first-order valence-corrected chi connectivity index (χ1v) is 4.15. The van der Waals surface area contributed by atoms with Crippen LogP contribution in [0.25, 0.3) is 0 Å². The molecule has 0 radical (unpaired) electrons. The molecule has 1 aliphatic rings. The van der Waals surface area contributed by atoms with Gasteiger partial charge in [-0.15, -0.1) is 0 Å². The van der Waals surface area contributed by atoms with Crippen molar-refractivity contribution in [2.75, 3.05) is 20.1 Å². The second kappa shape index (κ2) is 3.74. The first-order chi connectivity index (χ1) is 6.00. The minimum atomic E-state index is -0.905. The van der Waals surface area contributed by atoms with Crippen molar-refractivity contribution < 1.29 is 19.8 Å². The number of piperidine rings is 1. The molecule has 0 aromatic rings. The summed E-state index contributed by atoms with van der Waals surface area (Å²) in [6, 6.07) is 0. The zero-order chi connectivity index (χ0) is 10.0. The molecule has 1 fully saturated rings. The van der Waals surface area contributed by atoms with Gasteiger partial charge in [-0.3, -0.25) is 9.59 Å². The number of nitrogens with zero attached hydrogens (tertiary/aromatic N) is 1. The van der Waals surface area contributed by atoms with Gasteiger partial charge in [0.05, 0.1) is 11.8 Å². The Bertz CT molecular complexity index is 206. The summed E-state index contributed by atoms with van der Waals surface area (Å²) in [6.07, 6.45) is 0.245. The molecule has 1 aliphatic heterocycles. The van der Waals surface area contributed by atoms with E-state index in [-0.39, 0.29) is 6.42 Å². The lowest BCUT2D eigenvalue weighted by Gasteiger charge is -2.31. The van der Waals surface area contributed by atoms with Crippen LogP contribution in [0.1, 0.15) is 6.42 Å². The summed E-state index contributed by atoms with van der Waals surface area (Å²) in [5.41, 5.74) is 0. The topological polar surface area (TPSA) is 77.8 Å². The maximum atomic E-state index is 10.6. The van der Waals surface area contributed by atoms with E-state index in [1.165, 1.54) is 0 Å². The lowest BCUT2D eigenvalue weighted by Crippen LogP contribution is -2.43. The second-order valence-corrected chi connectivity index (χ2v) is 3.53. The van der Waals surface area contributed by atoms with Crippen LogP contribution in [0.3, 0.4) is 0 Å². The van der Waals surface area contributed by atoms with E-state index in [0.29, 0.717) is 13.1 Å². The van der Waals surface area contributed by atoms with Gasteiger partial charge in [-0.25, -0.2) is 0 Å². The minimum Gasteiger partial charge on any atom is -0.481 e. The normalized spacial score (nSPS) is 29.9. The molecule has 5 heteroatoms. The van der Waals surface area contributed by atoms with Gasteiger partial charge in [0.1, 0.15) is 0 Å². The number of hydrogen-bond donors (Lipinski definition) is 2. The Morgan fingerprint density at radius 2 is 1.54 bits per heavy atom. The van der Waals surface area contributed by atoms with E-state index in [4.69, 9.17) is 10.2 Å². The van der Waals surface area contributed by atoms with Crippen molar-refractivity contribution in [3.8, 4) is 0 Å². The van der Waals surface area contributed by atoms with Gasteiger partial charge >= 0.3 is 11.9 Å². The van der Waals surface area contributed by atoms with Crippen LogP contribution in [0.15, 0.2) is 0 Å². The smallest absolute Gasteiger partial charge is 0.307 e. The van der Waals surface area contributed by atoms with Gasteiger partial charge < -0.3 is 15.1 Å². The Balaban J connectivity index is 2.62. The van der Waals surface area contributed by atoms with Crippen molar-refractivity contribution in [3.63, 3.8) is 0 Å². The molecule has 0 aromatic carbocycles. The Morgan fingerprint density at radius 3 is 1.85 bits per heavy atom. The van der Waals surface area contributed by atoms with E-state index in [0.717, 1.165) is 0 Å². The second-order valence-electron chi connectivity index (χ2n) is 3.53. The summed E-state index contributed by atoms with van der Waals surface area (Å²) < 4.78 is 0. The molecule has 0 saturated carbocycles. The fourth-order valence-corrected chi connectivity index (χ4v) is 1.68. The number of aliphatic carboxylic acids is 2. The van der Waals surface area contributed by atoms with E-state index in [2.05, 4.69) is 0 Å². The van der Waals surface area contributed by atoms with Crippen LogP contribution in [-0.2, 0) is 9.59 Å². The fraction of sp³-hybridized carbons (Fsp3) is 0.750. The molecule has 1 heterocycles. The maximum absolute atomic E-state index is 10.6. The predicted octanol–water partition coefficient (Wildman–Crippen LogP) is -0.276. The first-order valence-electron chi connectivity index (χ1n) is 4.15. The third-order valence-electron chi connectivity index (χ3n) is 2.33. The summed E-state index contributed by atoms with van der Waals surface area (Å²) in [5, 5.41) is 17.5. The Labute approximate surface area is 76.0 Å². The summed E-state index contributed by atoms with van der Waals surface area (Å²) >= 11 is 0. The largest absolute Gasteiger partial charge is 0.481 e. The van der Waals surface area contributed by atoms with Gasteiger partial charge in [0.25, 0.3) is 0 Å². The van der Waals surface area contributed by atoms with Gasteiger partial charge in [0, 0.05) is 13.1 Å². The molecular formula is C8H13NO4. The highest BCUT2D eigenvalue weighted by Crippen LogP contribution is 2.21. The van der Waals surface area contributed by atoms with Crippen LogP contribution in [0.2, 0.25) is 0 Å². The van der Waals surface area contributed by atoms with Crippen LogP contribution < -0.4 is 0 Å². The quantitative estimate of drug-likeness (QED) is 0.621. The fourth-order valence-electron chi connectivity index (χ4n) is 1.68. The average Bonchev–Trinajstić information content (AvgIpc) is 2.03. The third kappa shape index (κ3) is 2.42. The van der Waals surface area contributed by atoms with Crippen molar-refractivity contribution in [2.45, 2.75) is 6.42 Å². The Kier molecular flexibility index (Phi) is 2.87. The van der Waals surface area contributed by atoms with Crippen molar-refractivity contribution >= 4 is 11.9 Å². The molecule has 0 unspecified atom stereocenters. The highest BCUT2D eigenvalue weighted by atomic mass is 16.4. The molecule has 74 valence electrons. The number of carbonyl (C=O) groups is 2. The molecule has 13 heavy (non-hydrogen) atoms. The van der Waals surface area contributed by atoms with E-state index in [1.807, 2.05) is 0 Å². The van der Waals surface area contributed by atoms with Crippen LogP contribution in [0.5, 0.6) is 0 Å². The summed E-state index contributed by atoms with van der Waals surface area (Å²) in [4.78, 5) is 23.0. The zero-order valence-corrected chi connectivity index (χ0v) is 7.43. The summed E-state index contributed by atoms with van der Waals surface area (Å²) in [5.74, 6) is -2.89.